The Hall–Kier alpha value is -3.56. The Bertz CT molecular complexity index is 1430. The van der Waals surface area contributed by atoms with Gasteiger partial charge >= 0.3 is 0 Å². The number of carbonyl (C=O) groups excluding carboxylic acids is 2. The molecule has 0 aromatic heterocycles. The maximum Gasteiger partial charge on any atom is 0.264 e. The first kappa shape index (κ1) is 32.0. The molecule has 0 radical (unpaired) electrons. The number of anilines is 1. The second-order valence-electron chi connectivity index (χ2n) is 9.55. The smallest absolute Gasteiger partial charge is 0.264 e. The van der Waals surface area contributed by atoms with Gasteiger partial charge in [0.05, 0.1) is 17.2 Å². The lowest BCUT2D eigenvalue weighted by atomic mass is 10.1. The number of amides is 2. The van der Waals surface area contributed by atoms with Gasteiger partial charge in [0.25, 0.3) is 10.0 Å². The molecule has 10 heteroatoms. The highest BCUT2D eigenvalue weighted by molar-refractivity contribution is 7.92. The second-order valence-corrected chi connectivity index (χ2v) is 11.8. The van der Waals surface area contributed by atoms with Gasteiger partial charge in [0.1, 0.15) is 18.3 Å². The van der Waals surface area contributed by atoms with Gasteiger partial charge in [-0.1, -0.05) is 73.5 Å². The molecule has 3 aromatic carbocycles. The van der Waals surface area contributed by atoms with E-state index in [1.807, 2.05) is 20.8 Å². The van der Waals surface area contributed by atoms with E-state index in [1.165, 1.54) is 17.0 Å². The van der Waals surface area contributed by atoms with E-state index in [0.29, 0.717) is 35.9 Å². The number of carbonyl (C=O) groups is 2. The van der Waals surface area contributed by atoms with Crippen molar-refractivity contribution in [3.8, 4) is 5.75 Å². The van der Waals surface area contributed by atoms with Crippen molar-refractivity contribution in [1.82, 2.24) is 10.2 Å². The lowest BCUT2D eigenvalue weighted by Crippen LogP contribution is -2.52. The molecule has 8 nitrogen and oxygen atoms in total. The molecular formula is C31H38ClN3O5S. The fourth-order valence-corrected chi connectivity index (χ4v) is 6.01. The maximum atomic E-state index is 14.2. The van der Waals surface area contributed by atoms with E-state index in [4.69, 9.17) is 16.3 Å². The highest BCUT2D eigenvalue weighted by Gasteiger charge is 2.34. The summed E-state index contributed by atoms with van der Waals surface area (Å²) in [6.45, 7) is 7.66. The highest BCUT2D eigenvalue weighted by Crippen LogP contribution is 2.33. The van der Waals surface area contributed by atoms with Gasteiger partial charge in [0, 0.05) is 18.1 Å². The SMILES string of the molecule is CCCNC(=O)[C@@H](CC)N(Cc1ccccc1Cl)C(=O)CN(c1ccccc1OCC)S(=O)(=O)c1ccc(C)cc1. The number of sulfonamides is 1. The van der Waals surface area contributed by atoms with Crippen molar-refractivity contribution in [3.63, 3.8) is 0 Å². The fraction of sp³-hybridized carbons (Fsp3) is 0.355. The topological polar surface area (TPSA) is 96.0 Å². The number of nitrogens with one attached hydrogen (secondary N) is 1. The molecule has 0 spiro atoms. The lowest BCUT2D eigenvalue weighted by Gasteiger charge is -2.33. The van der Waals surface area contributed by atoms with Crippen LogP contribution in [0.1, 0.15) is 44.7 Å². The number of para-hydroxylation sites is 2. The lowest BCUT2D eigenvalue weighted by molar-refractivity contribution is -0.140. The van der Waals surface area contributed by atoms with Crippen LogP contribution >= 0.6 is 11.6 Å². The maximum absolute atomic E-state index is 14.2. The molecule has 220 valence electrons. The molecule has 41 heavy (non-hydrogen) atoms. The Labute approximate surface area is 248 Å². The van der Waals surface area contributed by atoms with Crippen molar-refractivity contribution in [2.45, 2.75) is 58.0 Å². The monoisotopic (exact) mass is 599 g/mol. The van der Waals surface area contributed by atoms with Crippen molar-refractivity contribution < 1.29 is 22.7 Å². The average molecular weight is 600 g/mol. The summed E-state index contributed by atoms with van der Waals surface area (Å²) in [5.74, 6) is -0.535. The third kappa shape index (κ3) is 8.01. The molecule has 0 fully saturated rings. The number of hydrogen-bond donors (Lipinski definition) is 1. The van der Waals surface area contributed by atoms with E-state index in [1.54, 1.807) is 67.6 Å². The molecule has 1 N–H and O–H groups in total. The Morgan fingerprint density at radius 3 is 2.24 bits per heavy atom. The van der Waals surface area contributed by atoms with Crippen LogP contribution in [0.2, 0.25) is 5.02 Å². The molecule has 2 amide bonds. The molecule has 0 saturated heterocycles. The van der Waals surface area contributed by atoms with E-state index < -0.39 is 28.5 Å². The molecule has 0 aliphatic rings. The zero-order valence-corrected chi connectivity index (χ0v) is 25.5. The Balaban J connectivity index is 2.11. The van der Waals surface area contributed by atoms with Crippen LogP contribution in [-0.4, -0.2) is 50.9 Å². The quantitative estimate of drug-likeness (QED) is 0.261. The van der Waals surface area contributed by atoms with Crippen molar-refractivity contribution in [1.29, 1.82) is 0 Å². The third-order valence-electron chi connectivity index (χ3n) is 6.56. The zero-order valence-electron chi connectivity index (χ0n) is 24.0. The van der Waals surface area contributed by atoms with Crippen LogP contribution in [0.25, 0.3) is 0 Å². The molecule has 0 aliphatic heterocycles. The molecular weight excluding hydrogens is 562 g/mol. The van der Waals surface area contributed by atoms with E-state index in [9.17, 15) is 18.0 Å². The highest BCUT2D eigenvalue weighted by atomic mass is 35.5. The molecule has 0 aliphatic carbocycles. The van der Waals surface area contributed by atoms with Crippen molar-refractivity contribution in [2.75, 3.05) is 24.0 Å². The summed E-state index contributed by atoms with van der Waals surface area (Å²) in [5.41, 5.74) is 1.77. The summed E-state index contributed by atoms with van der Waals surface area (Å²) in [5, 5.41) is 3.32. The second kappa shape index (κ2) is 14.9. The van der Waals surface area contributed by atoms with Crippen LogP contribution in [0, 0.1) is 6.92 Å². The minimum absolute atomic E-state index is 0.0298. The van der Waals surface area contributed by atoms with Crippen LogP contribution in [0.4, 0.5) is 5.69 Å². The minimum atomic E-state index is -4.21. The number of aryl methyl sites for hydroxylation is 1. The van der Waals surface area contributed by atoms with Crippen LogP contribution < -0.4 is 14.4 Å². The number of hydrogen-bond acceptors (Lipinski definition) is 5. The number of halogens is 1. The van der Waals surface area contributed by atoms with Crippen molar-refractivity contribution in [3.05, 3.63) is 88.9 Å². The predicted octanol–water partition coefficient (Wildman–Crippen LogP) is 5.58. The largest absolute Gasteiger partial charge is 0.492 e. The number of nitrogens with zero attached hydrogens (tertiary/aromatic N) is 2. The zero-order chi connectivity index (χ0) is 30.0. The van der Waals surface area contributed by atoms with Crippen molar-refractivity contribution in [2.24, 2.45) is 0 Å². The normalized spacial score (nSPS) is 11.9. The Kier molecular flexibility index (Phi) is 11.6. The molecule has 1 atom stereocenters. The van der Waals surface area contributed by atoms with Gasteiger partial charge in [-0.2, -0.15) is 0 Å². The molecule has 3 aromatic rings. The minimum Gasteiger partial charge on any atom is -0.492 e. The van der Waals surface area contributed by atoms with E-state index in [0.717, 1.165) is 16.3 Å². The molecule has 0 unspecified atom stereocenters. The van der Waals surface area contributed by atoms with Gasteiger partial charge in [-0.05, 0) is 62.6 Å². The van der Waals surface area contributed by atoms with Gasteiger partial charge in [0.15, 0.2) is 0 Å². The molecule has 0 bridgehead atoms. The summed E-state index contributed by atoms with van der Waals surface area (Å²) in [7, 11) is -4.21. The Morgan fingerprint density at radius 2 is 1.61 bits per heavy atom. The van der Waals surface area contributed by atoms with Gasteiger partial charge < -0.3 is 15.0 Å². The van der Waals surface area contributed by atoms with Gasteiger partial charge in [0.2, 0.25) is 11.8 Å². The summed E-state index contributed by atoms with van der Waals surface area (Å²) in [4.78, 5) is 28.8. The molecule has 0 saturated carbocycles. The summed E-state index contributed by atoms with van der Waals surface area (Å²) in [6.07, 6.45) is 1.06. The predicted molar refractivity (Wildman–Crippen MR) is 163 cm³/mol. The van der Waals surface area contributed by atoms with Crippen LogP contribution in [0.3, 0.4) is 0 Å². The number of rotatable bonds is 14. The standard InChI is InChI=1S/C31H38ClN3O5S/c1-5-20-33-31(37)27(6-2)34(21-24-12-8-9-13-26(24)32)30(36)22-35(28-14-10-11-15-29(28)40-7-3)41(38,39)25-18-16-23(4)17-19-25/h8-19,27H,5-7,20-22H2,1-4H3,(H,33,37)/t27-/m1/s1. The van der Waals surface area contributed by atoms with E-state index in [-0.39, 0.29) is 23.0 Å². The van der Waals surface area contributed by atoms with Crippen LogP contribution in [0.5, 0.6) is 5.75 Å². The van der Waals surface area contributed by atoms with Gasteiger partial charge in [-0.15, -0.1) is 0 Å². The number of ether oxygens (including phenoxy) is 1. The fourth-order valence-electron chi connectivity index (χ4n) is 4.39. The van der Waals surface area contributed by atoms with Crippen molar-refractivity contribution >= 4 is 39.1 Å². The molecule has 3 rings (SSSR count). The van der Waals surface area contributed by atoms with Gasteiger partial charge in [-0.25, -0.2) is 8.42 Å². The third-order valence-corrected chi connectivity index (χ3v) is 8.70. The first-order valence-corrected chi connectivity index (χ1v) is 15.6. The summed E-state index contributed by atoms with van der Waals surface area (Å²) in [6, 6.07) is 19.4. The first-order chi connectivity index (χ1) is 19.6. The first-order valence-electron chi connectivity index (χ1n) is 13.8. The van der Waals surface area contributed by atoms with E-state index in [2.05, 4.69) is 5.32 Å². The molecule has 0 heterocycles. The number of benzene rings is 3. The van der Waals surface area contributed by atoms with Gasteiger partial charge in [-0.3, -0.25) is 13.9 Å². The van der Waals surface area contributed by atoms with Crippen LogP contribution in [0.15, 0.2) is 77.7 Å². The van der Waals surface area contributed by atoms with E-state index >= 15 is 0 Å². The summed E-state index contributed by atoms with van der Waals surface area (Å²) < 4.78 is 35.0. The summed E-state index contributed by atoms with van der Waals surface area (Å²) >= 11 is 6.45. The average Bonchev–Trinajstić information content (AvgIpc) is 2.96. The Morgan fingerprint density at radius 1 is 0.951 bits per heavy atom. The van der Waals surface area contributed by atoms with Crippen LogP contribution in [-0.2, 0) is 26.2 Å².